The summed E-state index contributed by atoms with van der Waals surface area (Å²) in [4.78, 5) is 30.1. The summed E-state index contributed by atoms with van der Waals surface area (Å²) < 4.78 is 13.9. The Kier molecular flexibility index (Phi) is 4.68. The largest absolute Gasteiger partial charge is 0.476 e. The van der Waals surface area contributed by atoms with Crippen LogP contribution in [0.5, 0.6) is 0 Å². The first-order valence-electron chi connectivity index (χ1n) is 6.90. The van der Waals surface area contributed by atoms with E-state index in [0.29, 0.717) is 5.56 Å². The van der Waals surface area contributed by atoms with Crippen LogP contribution in [0.1, 0.15) is 40.4 Å². The summed E-state index contributed by atoms with van der Waals surface area (Å²) in [7, 11) is 0. The third-order valence-electron chi connectivity index (χ3n) is 3.40. The zero-order valence-electron chi connectivity index (χ0n) is 12.7. The minimum atomic E-state index is -1.22. The van der Waals surface area contributed by atoms with Gasteiger partial charge < -0.3 is 10.4 Å². The number of hydrogen-bond acceptors (Lipinski definition) is 4. The zero-order valence-corrected chi connectivity index (χ0v) is 12.7. The van der Waals surface area contributed by atoms with Gasteiger partial charge in [-0.05, 0) is 11.6 Å². The molecule has 0 saturated heterocycles. The summed E-state index contributed by atoms with van der Waals surface area (Å²) >= 11 is 0. The smallest absolute Gasteiger partial charge is 0.356 e. The molecule has 0 radical (unpaired) electrons. The molecule has 120 valence electrons. The van der Waals surface area contributed by atoms with Gasteiger partial charge >= 0.3 is 5.97 Å². The third-order valence-corrected chi connectivity index (χ3v) is 3.40. The van der Waals surface area contributed by atoms with Crippen molar-refractivity contribution in [2.45, 2.75) is 19.3 Å². The predicted molar refractivity (Wildman–Crippen MR) is 80.8 cm³/mol. The van der Waals surface area contributed by atoms with Crippen LogP contribution < -0.4 is 5.32 Å². The van der Waals surface area contributed by atoms with Crippen LogP contribution in [0.4, 0.5) is 4.39 Å². The van der Waals surface area contributed by atoms with Crippen molar-refractivity contribution >= 4 is 11.9 Å². The van der Waals surface area contributed by atoms with Crippen molar-refractivity contribution < 1.29 is 19.1 Å². The maximum atomic E-state index is 13.9. The van der Waals surface area contributed by atoms with Crippen molar-refractivity contribution in [2.24, 2.45) is 0 Å². The summed E-state index contributed by atoms with van der Waals surface area (Å²) in [6, 6.07) is 6.38. The van der Waals surface area contributed by atoms with Crippen molar-refractivity contribution in [3.8, 4) is 0 Å². The second-order valence-electron chi connectivity index (χ2n) is 5.64. The number of aromatic carboxylic acids is 1. The molecule has 1 aromatic heterocycles. The first-order chi connectivity index (χ1) is 10.8. The van der Waals surface area contributed by atoms with Crippen molar-refractivity contribution in [1.29, 1.82) is 0 Å². The van der Waals surface area contributed by atoms with Gasteiger partial charge in [0.2, 0.25) is 0 Å². The van der Waals surface area contributed by atoms with Crippen LogP contribution in [0.25, 0.3) is 0 Å². The first-order valence-corrected chi connectivity index (χ1v) is 6.90. The Balaban J connectivity index is 2.06. The molecule has 2 rings (SSSR count). The molecular weight excluding hydrogens is 301 g/mol. The van der Waals surface area contributed by atoms with Crippen molar-refractivity contribution in [1.82, 2.24) is 15.3 Å². The maximum Gasteiger partial charge on any atom is 0.356 e. The average Bonchev–Trinajstić information content (AvgIpc) is 2.53. The molecule has 0 spiro atoms. The number of nitrogens with zero attached hydrogens (tertiary/aromatic N) is 2. The molecule has 2 aromatic rings. The van der Waals surface area contributed by atoms with Gasteiger partial charge in [0.05, 0.1) is 12.4 Å². The zero-order chi connectivity index (χ0) is 17.0. The number of benzene rings is 1. The summed E-state index contributed by atoms with van der Waals surface area (Å²) in [5.41, 5.74) is -0.365. The van der Waals surface area contributed by atoms with Crippen LogP contribution in [0, 0.1) is 5.82 Å². The Hall–Kier alpha value is -2.83. The molecule has 6 nitrogen and oxygen atoms in total. The van der Waals surface area contributed by atoms with E-state index in [1.807, 2.05) is 13.8 Å². The summed E-state index contributed by atoms with van der Waals surface area (Å²) in [6.07, 6.45) is 2.11. The number of amides is 1. The normalized spacial score (nSPS) is 11.1. The molecule has 0 aliphatic heterocycles. The van der Waals surface area contributed by atoms with Gasteiger partial charge in [-0.2, -0.15) is 0 Å². The molecule has 7 heteroatoms. The molecule has 1 heterocycles. The first kappa shape index (κ1) is 16.5. The standard InChI is InChI=1S/C16H16FN3O3/c1-16(2,10-5-3-4-6-11(10)17)9-20-14(21)12-7-19-13(8-18-12)15(22)23/h3-8H,9H2,1-2H3,(H,20,21)(H,22,23). The fourth-order valence-electron chi connectivity index (χ4n) is 2.05. The lowest BCUT2D eigenvalue weighted by Crippen LogP contribution is -2.37. The number of carboxylic acids is 1. The molecule has 0 atom stereocenters. The fraction of sp³-hybridized carbons (Fsp3) is 0.250. The Morgan fingerprint density at radius 2 is 1.78 bits per heavy atom. The summed E-state index contributed by atoms with van der Waals surface area (Å²) in [5.74, 6) is -2.05. The molecule has 0 saturated carbocycles. The minimum absolute atomic E-state index is 0.000617. The SMILES string of the molecule is CC(C)(CNC(=O)c1cnc(C(=O)O)cn1)c1ccccc1F. The van der Waals surface area contributed by atoms with E-state index in [0.717, 1.165) is 12.4 Å². The van der Waals surface area contributed by atoms with E-state index in [4.69, 9.17) is 5.11 Å². The van der Waals surface area contributed by atoms with Gasteiger partial charge in [0, 0.05) is 12.0 Å². The number of halogens is 1. The lowest BCUT2D eigenvalue weighted by molar-refractivity contribution is 0.0689. The van der Waals surface area contributed by atoms with Crippen LogP contribution in [0.3, 0.4) is 0 Å². The van der Waals surface area contributed by atoms with E-state index >= 15 is 0 Å². The highest BCUT2D eigenvalue weighted by molar-refractivity contribution is 5.92. The minimum Gasteiger partial charge on any atom is -0.476 e. The van der Waals surface area contributed by atoms with Crippen LogP contribution in [0.15, 0.2) is 36.7 Å². The van der Waals surface area contributed by atoms with Gasteiger partial charge in [0.15, 0.2) is 5.69 Å². The van der Waals surface area contributed by atoms with Crippen LogP contribution in [-0.2, 0) is 5.41 Å². The highest BCUT2D eigenvalue weighted by atomic mass is 19.1. The van der Waals surface area contributed by atoms with Crippen LogP contribution in [0.2, 0.25) is 0 Å². The molecule has 2 N–H and O–H groups in total. The van der Waals surface area contributed by atoms with Gasteiger partial charge in [-0.3, -0.25) is 4.79 Å². The van der Waals surface area contributed by atoms with E-state index in [9.17, 15) is 14.0 Å². The van der Waals surface area contributed by atoms with Crippen molar-refractivity contribution in [2.75, 3.05) is 6.54 Å². The Morgan fingerprint density at radius 1 is 1.17 bits per heavy atom. The molecule has 0 unspecified atom stereocenters. The highest BCUT2D eigenvalue weighted by Gasteiger charge is 2.25. The van der Waals surface area contributed by atoms with Gasteiger partial charge in [0.1, 0.15) is 11.5 Å². The lowest BCUT2D eigenvalue weighted by atomic mass is 9.84. The quantitative estimate of drug-likeness (QED) is 0.880. The van der Waals surface area contributed by atoms with E-state index < -0.39 is 17.3 Å². The number of rotatable bonds is 5. The van der Waals surface area contributed by atoms with Crippen LogP contribution >= 0.6 is 0 Å². The summed E-state index contributed by atoms with van der Waals surface area (Å²) in [6.45, 7) is 3.81. The van der Waals surface area contributed by atoms with Gasteiger partial charge in [0.25, 0.3) is 5.91 Å². The number of carbonyl (C=O) groups is 2. The van der Waals surface area contributed by atoms with Crippen molar-refractivity contribution in [3.63, 3.8) is 0 Å². The van der Waals surface area contributed by atoms with Gasteiger partial charge in [-0.1, -0.05) is 32.0 Å². The second kappa shape index (κ2) is 6.51. The maximum absolute atomic E-state index is 13.9. The van der Waals surface area contributed by atoms with E-state index in [1.165, 1.54) is 6.07 Å². The molecule has 0 bridgehead atoms. The number of carboxylic acid groups (broad SMARTS) is 1. The Morgan fingerprint density at radius 3 is 2.35 bits per heavy atom. The topological polar surface area (TPSA) is 92.2 Å². The molecule has 23 heavy (non-hydrogen) atoms. The lowest BCUT2D eigenvalue weighted by Gasteiger charge is -2.26. The van der Waals surface area contributed by atoms with E-state index in [1.54, 1.807) is 18.2 Å². The molecule has 0 aliphatic carbocycles. The van der Waals surface area contributed by atoms with Crippen LogP contribution in [-0.4, -0.2) is 33.5 Å². The Bertz CT molecular complexity index is 730. The molecule has 0 fully saturated rings. The average molecular weight is 317 g/mol. The third kappa shape index (κ3) is 3.88. The molecular formula is C16H16FN3O3. The molecule has 1 amide bonds. The summed E-state index contributed by atoms with van der Waals surface area (Å²) in [5, 5.41) is 11.4. The monoisotopic (exact) mass is 317 g/mol. The number of carbonyl (C=O) groups excluding carboxylic acids is 1. The number of nitrogens with one attached hydrogen (secondary N) is 1. The highest BCUT2D eigenvalue weighted by Crippen LogP contribution is 2.24. The van der Waals surface area contributed by atoms with Gasteiger partial charge in [-0.15, -0.1) is 0 Å². The number of hydrogen-bond donors (Lipinski definition) is 2. The van der Waals surface area contributed by atoms with Gasteiger partial charge in [-0.25, -0.2) is 19.2 Å². The number of aromatic nitrogens is 2. The predicted octanol–water partition coefficient (Wildman–Crippen LogP) is 2.02. The molecule has 1 aromatic carbocycles. The second-order valence-corrected chi connectivity index (χ2v) is 5.64. The van der Waals surface area contributed by atoms with Crippen molar-refractivity contribution in [3.05, 3.63) is 59.4 Å². The van der Waals surface area contributed by atoms with E-state index in [2.05, 4.69) is 15.3 Å². The fourth-order valence-corrected chi connectivity index (χ4v) is 2.05. The Labute approximate surface area is 132 Å². The molecule has 0 aliphatic rings. The van der Waals surface area contributed by atoms with E-state index in [-0.39, 0.29) is 23.7 Å².